The summed E-state index contributed by atoms with van der Waals surface area (Å²) in [5, 5.41) is 11.8. The molecule has 0 radical (unpaired) electrons. The Kier molecular flexibility index (Phi) is 6.35. The summed E-state index contributed by atoms with van der Waals surface area (Å²) in [6.45, 7) is 0.0263. The van der Waals surface area contributed by atoms with Crippen LogP contribution in [-0.2, 0) is 16.0 Å². The van der Waals surface area contributed by atoms with Gasteiger partial charge in [-0.1, -0.05) is 71.7 Å². The Labute approximate surface area is 193 Å². The van der Waals surface area contributed by atoms with Crippen LogP contribution < -0.4 is 5.32 Å². The van der Waals surface area contributed by atoms with Crippen LogP contribution in [0.3, 0.4) is 0 Å². The van der Waals surface area contributed by atoms with Gasteiger partial charge in [0.1, 0.15) is 18.5 Å². The van der Waals surface area contributed by atoms with Crippen molar-refractivity contribution in [3.8, 4) is 11.1 Å². The smallest absolute Gasteiger partial charge is 0.407 e. The van der Waals surface area contributed by atoms with Gasteiger partial charge in [0.25, 0.3) is 0 Å². The molecule has 164 valence electrons. The Hall–Kier alpha value is -3.09. The lowest BCUT2D eigenvalue weighted by atomic mass is 9.98. The van der Waals surface area contributed by atoms with Crippen LogP contribution in [-0.4, -0.2) is 29.8 Å². The summed E-state index contributed by atoms with van der Waals surface area (Å²) < 4.78 is 19.5. The van der Waals surface area contributed by atoms with Gasteiger partial charge in [-0.05, 0) is 34.4 Å². The molecule has 3 aromatic rings. The molecular weight excluding hydrogens is 456 g/mol. The number of carboxylic acid groups (broad SMARTS) is 1. The summed E-state index contributed by atoms with van der Waals surface area (Å²) in [7, 11) is 0. The number of carbonyl (C=O) groups excluding carboxylic acids is 1. The summed E-state index contributed by atoms with van der Waals surface area (Å²) in [5.74, 6) is -2.23. The first-order chi connectivity index (χ1) is 15.4. The highest BCUT2D eigenvalue weighted by Crippen LogP contribution is 2.44. The van der Waals surface area contributed by atoms with Crippen LogP contribution >= 0.6 is 23.2 Å². The average molecular weight is 474 g/mol. The summed E-state index contributed by atoms with van der Waals surface area (Å²) in [5.41, 5.74) is 4.12. The van der Waals surface area contributed by atoms with Crippen molar-refractivity contribution in [2.75, 3.05) is 6.61 Å². The van der Waals surface area contributed by atoms with E-state index in [1.165, 1.54) is 6.07 Å². The quantitative estimate of drug-likeness (QED) is 0.452. The summed E-state index contributed by atoms with van der Waals surface area (Å²) >= 11 is 11.9. The van der Waals surface area contributed by atoms with Gasteiger partial charge in [-0.3, -0.25) is 0 Å². The maximum Gasteiger partial charge on any atom is 0.407 e. The average Bonchev–Trinajstić information content (AvgIpc) is 3.11. The van der Waals surface area contributed by atoms with Crippen LogP contribution in [0.15, 0.2) is 60.7 Å². The fourth-order valence-electron chi connectivity index (χ4n) is 3.94. The number of hydrogen-bond acceptors (Lipinski definition) is 3. The van der Waals surface area contributed by atoms with Gasteiger partial charge in [-0.25, -0.2) is 14.0 Å². The fraction of sp³-hybridized carbons (Fsp3) is 0.167. The predicted molar refractivity (Wildman–Crippen MR) is 120 cm³/mol. The Bertz CT molecular complexity index is 1150. The summed E-state index contributed by atoms with van der Waals surface area (Å²) in [6.07, 6.45) is -1.30. The minimum Gasteiger partial charge on any atom is -0.480 e. The molecule has 0 heterocycles. The lowest BCUT2D eigenvalue weighted by Crippen LogP contribution is -2.43. The molecule has 1 aliphatic rings. The van der Waals surface area contributed by atoms with E-state index in [1.807, 2.05) is 48.5 Å². The Morgan fingerprint density at radius 1 is 1.00 bits per heavy atom. The van der Waals surface area contributed by atoms with E-state index in [1.54, 1.807) is 0 Å². The first-order valence-electron chi connectivity index (χ1n) is 9.83. The first-order valence-corrected chi connectivity index (χ1v) is 10.6. The number of carboxylic acids is 1. The SMILES string of the molecule is O=C(NC(Cc1c(F)ccc(Cl)c1Cl)C(=O)O)OCC1c2ccccc2-c2ccccc21. The molecule has 5 nitrogen and oxygen atoms in total. The lowest BCUT2D eigenvalue weighted by molar-refractivity contribution is -0.139. The molecule has 0 saturated heterocycles. The van der Waals surface area contributed by atoms with E-state index in [4.69, 9.17) is 27.9 Å². The fourth-order valence-corrected chi connectivity index (χ4v) is 4.35. The van der Waals surface area contributed by atoms with E-state index in [-0.39, 0.29) is 34.6 Å². The maximum atomic E-state index is 14.1. The largest absolute Gasteiger partial charge is 0.480 e. The molecule has 4 rings (SSSR count). The van der Waals surface area contributed by atoms with E-state index < -0.39 is 23.9 Å². The first kappa shape index (κ1) is 22.1. The summed E-state index contributed by atoms with van der Waals surface area (Å²) in [6, 6.07) is 16.6. The number of ether oxygens (including phenoxy) is 1. The topological polar surface area (TPSA) is 75.6 Å². The number of carbonyl (C=O) groups is 2. The van der Waals surface area contributed by atoms with E-state index in [0.29, 0.717) is 0 Å². The molecule has 0 fully saturated rings. The van der Waals surface area contributed by atoms with Crippen molar-refractivity contribution in [2.24, 2.45) is 0 Å². The van der Waals surface area contributed by atoms with Gasteiger partial charge in [0.05, 0.1) is 10.0 Å². The number of alkyl carbamates (subject to hydrolysis) is 1. The van der Waals surface area contributed by atoms with Crippen LogP contribution in [0.5, 0.6) is 0 Å². The van der Waals surface area contributed by atoms with Crippen molar-refractivity contribution in [1.82, 2.24) is 5.32 Å². The Morgan fingerprint density at radius 2 is 1.59 bits per heavy atom. The van der Waals surface area contributed by atoms with Gasteiger partial charge in [0.15, 0.2) is 0 Å². The van der Waals surface area contributed by atoms with E-state index in [2.05, 4.69) is 5.32 Å². The zero-order chi connectivity index (χ0) is 22.8. The number of fused-ring (bicyclic) bond motifs is 3. The predicted octanol–water partition coefficient (Wildman–Crippen LogP) is 5.67. The van der Waals surface area contributed by atoms with Gasteiger partial charge >= 0.3 is 12.1 Å². The highest BCUT2D eigenvalue weighted by atomic mass is 35.5. The van der Waals surface area contributed by atoms with Gasteiger partial charge < -0.3 is 15.2 Å². The molecule has 1 aliphatic carbocycles. The van der Waals surface area contributed by atoms with Crippen molar-refractivity contribution in [3.63, 3.8) is 0 Å². The molecule has 2 N–H and O–H groups in total. The van der Waals surface area contributed by atoms with Crippen molar-refractivity contribution in [1.29, 1.82) is 0 Å². The second-order valence-electron chi connectivity index (χ2n) is 7.39. The number of rotatable bonds is 6. The highest BCUT2D eigenvalue weighted by molar-refractivity contribution is 6.42. The summed E-state index contributed by atoms with van der Waals surface area (Å²) in [4.78, 5) is 24.1. The normalized spacial score (nSPS) is 13.2. The third kappa shape index (κ3) is 4.29. The van der Waals surface area contributed by atoms with Gasteiger partial charge in [0, 0.05) is 17.9 Å². The molecule has 1 atom stereocenters. The zero-order valence-electron chi connectivity index (χ0n) is 16.6. The second-order valence-corrected chi connectivity index (χ2v) is 8.17. The van der Waals surface area contributed by atoms with Gasteiger partial charge in [0.2, 0.25) is 0 Å². The minimum atomic E-state index is -1.45. The molecule has 0 aromatic heterocycles. The number of aliphatic carboxylic acids is 1. The molecule has 0 spiro atoms. The Balaban J connectivity index is 1.46. The molecule has 3 aromatic carbocycles. The number of hydrogen-bond donors (Lipinski definition) is 2. The van der Waals surface area contributed by atoms with Gasteiger partial charge in [-0.2, -0.15) is 0 Å². The van der Waals surface area contributed by atoms with Crippen molar-refractivity contribution in [3.05, 3.63) is 93.2 Å². The molecule has 32 heavy (non-hydrogen) atoms. The monoisotopic (exact) mass is 473 g/mol. The van der Waals surface area contributed by atoms with Crippen molar-refractivity contribution < 1.29 is 23.8 Å². The lowest BCUT2D eigenvalue weighted by Gasteiger charge is -2.18. The Morgan fingerprint density at radius 3 is 2.19 bits per heavy atom. The number of amides is 1. The van der Waals surface area contributed by atoms with E-state index >= 15 is 0 Å². The van der Waals surface area contributed by atoms with Crippen molar-refractivity contribution in [2.45, 2.75) is 18.4 Å². The standard InChI is InChI=1S/C24H18Cl2FNO4/c25-19-9-10-20(27)17(22(19)26)11-21(23(29)30)28-24(31)32-12-18-15-7-3-1-5-13(15)14-6-2-4-8-16(14)18/h1-10,18,21H,11-12H2,(H,28,31)(H,29,30). The highest BCUT2D eigenvalue weighted by Gasteiger charge is 2.30. The van der Waals surface area contributed by atoms with Crippen molar-refractivity contribution >= 4 is 35.3 Å². The number of halogens is 3. The van der Waals surface area contributed by atoms with Crippen LogP contribution in [0.2, 0.25) is 10.0 Å². The minimum absolute atomic E-state index is 0.0263. The number of benzene rings is 3. The van der Waals surface area contributed by atoms with Crippen LogP contribution in [0.4, 0.5) is 9.18 Å². The van der Waals surface area contributed by atoms with Gasteiger partial charge in [-0.15, -0.1) is 0 Å². The van der Waals surface area contributed by atoms with E-state index in [0.717, 1.165) is 28.3 Å². The maximum absolute atomic E-state index is 14.1. The zero-order valence-corrected chi connectivity index (χ0v) is 18.2. The number of nitrogens with one attached hydrogen (secondary N) is 1. The molecule has 1 amide bonds. The molecule has 0 bridgehead atoms. The van der Waals surface area contributed by atoms with Crippen LogP contribution in [0.1, 0.15) is 22.6 Å². The third-order valence-corrected chi connectivity index (χ3v) is 6.32. The van der Waals surface area contributed by atoms with Crippen LogP contribution in [0, 0.1) is 5.82 Å². The molecule has 0 aliphatic heterocycles. The molecule has 1 unspecified atom stereocenters. The molecular formula is C24H18Cl2FNO4. The van der Waals surface area contributed by atoms with Crippen LogP contribution in [0.25, 0.3) is 11.1 Å². The molecule has 0 saturated carbocycles. The molecule has 8 heteroatoms. The third-order valence-electron chi connectivity index (χ3n) is 5.48. The van der Waals surface area contributed by atoms with E-state index in [9.17, 15) is 19.1 Å². The second kappa shape index (κ2) is 9.18.